The predicted molar refractivity (Wildman–Crippen MR) is 73.4 cm³/mol. The zero-order chi connectivity index (χ0) is 12.5. The minimum Gasteiger partial charge on any atom is -0.497 e. The molecule has 0 amide bonds. The highest BCUT2D eigenvalue weighted by Gasteiger charge is 2.08. The molecule has 0 aromatic heterocycles. The molecule has 0 bridgehead atoms. The SMILES string of the molecule is CCCCCC(CN)Cc1cccc(OC)c1. The molecule has 0 saturated heterocycles. The van der Waals surface area contributed by atoms with E-state index in [1.807, 2.05) is 12.1 Å². The van der Waals surface area contributed by atoms with Crippen molar-refractivity contribution in [3.8, 4) is 5.75 Å². The summed E-state index contributed by atoms with van der Waals surface area (Å²) in [5, 5.41) is 0. The molecular formula is C15H25NO. The van der Waals surface area contributed by atoms with Gasteiger partial charge in [-0.1, -0.05) is 38.3 Å². The van der Waals surface area contributed by atoms with E-state index in [9.17, 15) is 0 Å². The molecule has 2 N–H and O–H groups in total. The van der Waals surface area contributed by atoms with Gasteiger partial charge in [0.1, 0.15) is 5.75 Å². The van der Waals surface area contributed by atoms with Crippen LogP contribution in [-0.4, -0.2) is 13.7 Å². The Balaban J connectivity index is 2.48. The van der Waals surface area contributed by atoms with E-state index in [1.54, 1.807) is 7.11 Å². The number of methoxy groups -OCH3 is 1. The average molecular weight is 235 g/mol. The molecule has 0 saturated carbocycles. The van der Waals surface area contributed by atoms with Gasteiger partial charge in [0.15, 0.2) is 0 Å². The van der Waals surface area contributed by atoms with Gasteiger partial charge in [-0.3, -0.25) is 0 Å². The van der Waals surface area contributed by atoms with Crippen molar-refractivity contribution in [1.29, 1.82) is 0 Å². The number of benzene rings is 1. The van der Waals surface area contributed by atoms with Crippen molar-refractivity contribution >= 4 is 0 Å². The third-order valence-electron chi connectivity index (χ3n) is 3.21. The lowest BCUT2D eigenvalue weighted by atomic mass is 9.94. The minimum atomic E-state index is 0.605. The van der Waals surface area contributed by atoms with E-state index in [-0.39, 0.29) is 0 Å². The van der Waals surface area contributed by atoms with Crippen LogP contribution in [0.25, 0.3) is 0 Å². The van der Waals surface area contributed by atoms with Gasteiger partial charge < -0.3 is 10.5 Å². The number of hydrogen-bond acceptors (Lipinski definition) is 2. The highest BCUT2D eigenvalue weighted by molar-refractivity contribution is 5.28. The number of ether oxygens (including phenoxy) is 1. The Bertz CT molecular complexity index is 312. The summed E-state index contributed by atoms with van der Waals surface area (Å²) in [5.74, 6) is 1.54. The lowest BCUT2D eigenvalue weighted by Gasteiger charge is -2.15. The number of rotatable bonds is 8. The Morgan fingerprint density at radius 2 is 2.12 bits per heavy atom. The van der Waals surface area contributed by atoms with Gasteiger partial charge in [0.05, 0.1) is 7.11 Å². The molecule has 0 aliphatic carbocycles. The fourth-order valence-corrected chi connectivity index (χ4v) is 2.12. The van der Waals surface area contributed by atoms with Gasteiger partial charge in [0, 0.05) is 0 Å². The fraction of sp³-hybridized carbons (Fsp3) is 0.600. The van der Waals surface area contributed by atoms with Crippen LogP contribution in [0.5, 0.6) is 5.75 Å². The molecule has 2 nitrogen and oxygen atoms in total. The lowest BCUT2D eigenvalue weighted by molar-refractivity contribution is 0.412. The van der Waals surface area contributed by atoms with Crippen LogP contribution >= 0.6 is 0 Å². The number of nitrogens with two attached hydrogens (primary N) is 1. The van der Waals surface area contributed by atoms with Crippen LogP contribution < -0.4 is 10.5 Å². The van der Waals surface area contributed by atoms with Crippen LogP contribution in [0, 0.1) is 5.92 Å². The van der Waals surface area contributed by atoms with Gasteiger partial charge in [0.2, 0.25) is 0 Å². The summed E-state index contributed by atoms with van der Waals surface area (Å²) >= 11 is 0. The largest absolute Gasteiger partial charge is 0.497 e. The van der Waals surface area contributed by atoms with Crippen LogP contribution in [0.3, 0.4) is 0 Å². The second-order valence-corrected chi connectivity index (χ2v) is 4.65. The quantitative estimate of drug-likeness (QED) is 0.701. The van der Waals surface area contributed by atoms with Crippen LogP contribution in [0.1, 0.15) is 38.2 Å². The normalized spacial score (nSPS) is 12.4. The second kappa shape index (κ2) is 8.13. The molecule has 0 heterocycles. The van der Waals surface area contributed by atoms with E-state index in [0.29, 0.717) is 5.92 Å². The number of hydrogen-bond donors (Lipinski definition) is 1. The topological polar surface area (TPSA) is 35.2 Å². The lowest BCUT2D eigenvalue weighted by Crippen LogP contribution is -2.16. The van der Waals surface area contributed by atoms with Crippen LogP contribution in [0.15, 0.2) is 24.3 Å². The minimum absolute atomic E-state index is 0.605. The van der Waals surface area contributed by atoms with E-state index < -0.39 is 0 Å². The van der Waals surface area contributed by atoms with Crippen molar-refractivity contribution in [2.24, 2.45) is 11.7 Å². The van der Waals surface area contributed by atoms with Crippen molar-refractivity contribution in [3.05, 3.63) is 29.8 Å². The summed E-state index contributed by atoms with van der Waals surface area (Å²) in [4.78, 5) is 0. The Kier molecular flexibility index (Phi) is 6.71. The Morgan fingerprint density at radius 1 is 1.29 bits per heavy atom. The van der Waals surface area contributed by atoms with Gasteiger partial charge in [0.25, 0.3) is 0 Å². The smallest absolute Gasteiger partial charge is 0.119 e. The average Bonchev–Trinajstić information content (AvgIpc) is 2.38. The molecule has 17 heavy (non-hydrogen) atoms. The summed E-state index contributed by atoms with van der Waals surface area (Å²) < 4.78 is 5.24. The van der Waals surface area contributed by atoms with Gasteiger partial charge in [-0.15, -0.1) is 0 Å². The molecule has 0 spiro atoms. The summed E-state index contributed by atoms with van der Waals surface area (Å²) in [7, 11) is 1.71. The monoisotopic (exact) mass is 235 g/mol. The van der Waals surface area contributed by atoms with Crippen molar-refractivity contribution < 1.29 is 4.74 Å². The van der Waals surface area contributed by atoms with E-state index in [2.05, 4.69) is 19.1 Å². The van der Waals surface area contributed by atoms with Crippen LogP contribution in [0.2, 0.25) is 0 Å². The summed E-state index contributed by atoms with van der Waals surface area (Å²) in [6, 6.07) is 8.30. The molecule has 1 aromatic rings. The maximum Gasteiger partial charge on any atom is 0.119 e. The molecule has 2 heteroatoms. The van der Waals surface area contributed by atoms with Crippen LogP contribution in [0.4, 0.5) is 0 Å². The molecule has 96 valence electrons. The van der Waals surface area contributed by atoms with E-state index in [1.165, 1.54) is 31.2 Å². The zero-order valence-corrected chi connectivity index (χ0v) is 11.1. The molecule has 0 radical (unpaired) electrons. The fourth-order valence-electron chi connectivity index (χ4n) is 2.12. The predicted octanol–water partition coefficient (Wildman–Crippen LogP) is 3.39. The first-order chi connectivity index (χ1) is 8.30. The van der Waals surface area contributed by atoms with Gasteiger partial charge >= 0.3 is 0 Å². The summed E-state index contributed by atoms with van der Waals surface area (Å²) in [6.07, 6.45) is 6.19. The maximum atomic E-state index is 5.84. The van der Waals surface area contributed by atoms with E-state index >= 15 is 0 Å². The second-order valence-electron chi connectivity index (χ2n) is 4.65. The Morgan fingerprint density at radius 3 is 2.76 bits per heavy atom. The first-order valence-electron chi connectivity index (χ1n) is 6.63. The standard InChI is InChI=1S/C15H25NO/c1-3-4-5-7-14(12-16)10-13-8-6-9-15(11-13)17-2/h6,8-9,11,14H,3-5,7,10,12,16H2,1-2H3. The third-order valence-corrected chi connectivity index (χ3v) is 3.21. The van der Waals surface area contributed by atoms with Crippen molar-refractivity contribution in [2.75, 3.05) is 13.7 Å². The molecule has 0 fully saturated rings. The Hall–Kier alpha value is -1.02. The highest BCUT2D eigenvalue weighted by Crippen LogP contribution is 2.18. The first kappa shape index (κ1) is 14.0. The van der Waals surface area contributed by atoms with E-state index in [0.717, 1.165) is 18.7 Å². The van der Waals surface area contributed by atoms with Gasteiger partial charge in [-0.25, -0.2) is 0 Å². The maximum absolute atomic E-state index is 5.84. The Labute approximate surface area is 105 Å². The zero-order valence-electron chi connectivity index (χ0n) is 11.1. The molecular weight excluding hydrogens is 210 g/mol. The van der Waals surface area contributed by atoms with Crippen molar-refractivity contribution in [1.82, 2.24) is 0 Å². The van der Waals surface area contributed by atoms with Crippen molar-refractivity contribution in [3.63, 3.8) is 0 Å². The molecule has 1 unspecified atom stereocenters. The molecule has 0 aliphatic heterocycles. The molecule has 1 aromatic carbocycles. The van der Waals surface area contributed by atoms with Gasteiger partial charge in [-0.2, -0.15) is 0 Å². The first-order valence-corrected chi connectivity index (χ1v) is 6.63. The van der Waals surface area contributed by atoms with Gasteiger partial charge in [-0.05, 0) is 43.0 Å². The highest BCUT2D eigenvalue weighted by atomic mass is 16.5. The van der Waals surface area contributed by atoms with E-state index in [4.69, 9.17) is 10.5 Å². The summed E-state index contributed by atoms with van der Waals surface area (Å²) in [5.41, 5.74) is 7.17. The molecule has 0 aliphatic rings. The number of unbranched alkanes of at least 4 members (excludes halogenated alkanes) is 2. The van der Waals surface area contributed by atoms with Crippen LogP contribution in [-0.2, 0) is 6.42 Å². The van der Waals surface area contributed by atoms with Crippen molar-refractivity contribution in [2.45, 2.75) is 39.0 Å². The molecule has 1 rings (SSSR count). The summed E-state index contributed by atoms with van der Waals surface area (Å²) in [6.45, 7) is 3.01. The molecule has 1 atom stereocenters. The third kappa shape index (κ3) is 5.22.